The van der Waals surface area contributed by atoms with Crippen molar-refractivity contribution in [3.05, 3.63) is 65.5 Å². The van der Waals surface area contributed by atoms with E-state index in [-0.39, 0.29) is 24.4 Å². The molecule has 6 nitrogen and oxygen atoms in total. The summed E-state index contributed by atoms with van der Waals surface area (Å²) in [6.45, 7) is 7.57. The summed E-state index contributed by atoms with van der Waals surface area (Å²) in [6.07, 6.45) is 1.75. The van der Waals surface area contributed by atoms with Crippen LogP contribution < -0.4 is 10.2 Å². The molecule has 4 rings (SSSR count). The van der Waals surface area contributed by atoms with Gasteiger partial charge in [-0.15, -0.1) is 12.4 Å². The number of rotatable bonds is 4. The van der Waals surface area contributed by atoms with Crippen molar-refractivity contribution in [1.29, 1.82) is 0 Å². The fourth-order valence-corrected chi connectivity index (χ4v) is 3.79. The Bertz CT molecular complexity index is 1030. The van der Waals surface area contributed by atoms with E-state index >= 15 is 0 Å². The van der Waals surface area contributed by atoms with Gasteiger partial charge in [0.2, 0.25) is 5.95 Å². The van der Waals surface area contributed by atoms with Gasteiger partial charge in [0.1, 0.15) is 5.69 Å². The summed E-state index contributed by atoms with van der Waals surface area (Å²) in [5.74, 6) is 0.465. The number of hydrogen-bond donors (Lipinski definition) is 1. The summed E-state index contributed by atoms with van der Waals surface area (Å²) in [5.41, 5.74) is 2.33. The standard InChI is InChI=1S/C23H27N5O.ClH/c1-16-15-24-23(28-13-11-27(3)12-14-28)26-21(16)22(29)25-17(2)19-10-6-8-18-7-4-5-9-20(18)19;/h4-10,15,17H,11-14H2,1-3H3,(H,25,29);1H. The predicted molar refractivity (Wildman–Crippen MR) is 124 cm³/mol. The van der Waals surface area contributed by atoms with Crippen molar-refractivity contribution in [2.75, 3.05) is 38.1 Å². The summed E-state index contributed by atoms with van der Waals surface area (Å²) >= 11 is 0. The van der Waals surface area contributed by atoms with Gasteiger partial charge < -0.3 is 15.1 Å². The van der Waals surface area contributed by atoms with Gasteiger partial charge in [-0.1, -0.05) is 42.5 Å². The molecular weight excluding hydrogens is 398 g/mol. The molecule has 0 spiro atoms. The highest BCUT2D eigenvalue weighted by Crippen LogP contribution is 2.24. The smallest absolute Gasteiger partial charge is 0.270 e. The Kier molecular flexibility index (Phi) is 6.90. The maximum Gasteiger partial charge on any atom is 0.270 e. The maximum atomic E-state index is 13.0. The molecule has 1 aliphatic heterocycles. The molecule has 1 fully saturated rings. The molecule has 158 valence electrons. The lowest BCUT2D eigenvalue weighted by Crippen LogP contribution is -2.45. The first-order chi connectivity index (χ1) is 14.0. The van der Waals surface area contributed by atoms with Crippen LogP contribution in [0.1, 0.15) is 34.6 Å². The van der Waals surface area contributed by atoms with Crippen LogP contribution in [-0.2, 0) is 0 Å². The maximum absolute atomic E-state index is 13.0. The first-order valence-electron chi connectivity index (χ1n) is 10.1. The Morgan fingerprint density at radius 1 is 1.07 bits per heavy atom. The van der Waals surface area contributed by atoms with Crippen molar-refractivity contribution in [3.8, 4) is 0 Å². The van der Waals surface area contributed by atoms with E-state index in [0.717, 1.165) is 42.7 Å². The number of benzene rings is 2. The lowest BCUT2D eigenvalue weighted by atomic mass is 9.99. The molecule has 1 amide bonds. The van der Waals surface area contributed by atoms with Crippen molar-refractivity contribution in [2.24, 2.45) is 0 Å². The Balaban J connectivity index is 0.00000256. The van der Waals surface area contributed by atoms with Gasteiger partial charge in [0.05, 0.1) is 6.04 Å². The van der Waals surface area contributed by atoms with Gasteiger partial charge in [0.25, 0.3) is 5.91 Å². The number of fused-ring (bicyclic) bond motifs is 1. The summed E-state index contributed by atoms with van der Waals surface area (Å²) in [7, 11) is 2.11. The topological polar surface area (TPSA) is 61.4 Å². The zero-order valence-electron chi connectivity index (χ0n) is 17.6. The Labute approximate surface area is 183 Å². The van der Waals surface area contributed by atoms with Crippen LogP contribution >= 0.6 is 12.4 Å². The predicted octanol–water partition coefficient (Wildman–Crippen LogP) is 3.60. The molecule has 7 heteroatoms. The third-order valence-electron chi connectivity index (χ3n) is 5.60. The molecule has 0 bridgehead atoms. The van der Waals surface area contributed by atoms with E-state index in [1.165, 1.54) is 5.39 Å². The van der Waals surface area contributed by atoms with Crippen LogP contribution in [0.25, 0.3) is 10.8 Å². The zero-order valence-corrected chi connectivity index (χ0v) is 18.4. The van der Waals surface area contributed by atoms with Gasteiger partial charge in [-0.2, -0.15) is 0 Å². The molecule has 2 heterocycles. The van der Waals surface area contributed by atoms with Crippen LogP contribution in [0.4, 0.5) is 5.95 Å². The minimum Gasteiger partial charge on any atom is -0.344 e. The number of likely N-dealkylation sites (N-methyl/N-ethyl adjacent to an activating group) is 1. The second-order valence-electron chi connectivity index (χ2n) is 7.76. The molecular formula is C23H28ClN5O. The molecule has 1 unspecified atom stereocenters. The molecule has 1 atom stereocenters. The van der Waals surface area contributed by atoms with Crippen molar-refractivity contribution >= 4 is 35.0 Å². The number of nitrogens with zero attached hydrogens (tertiary/aromatic N) is 4. The number of amides is 1. The lowest BCUT2D eigenvalue weighted by molar-refractivity contribution is 0.0934. The number of aromatic nitrogens is 2. The van der Waals surface area contributed by atoms with Crippen LogP contribution in [0.5, 0.6) is 0 Å². The Hall–Kier alpha value is -2.70. The third-order valence-corrected chi connectivity index (χ3v) is 5.60. The Morgan fingerprint density at radius 3 is 2.53 bits per heavy atom. The van der Waals surface area contributed by atoms with Crippen LogP contribution in [0.15, 0.2) is 48.7 Å². The van der Waals surface area contributed by atoms with Gasteiger partial charge >= 0.3 is 0 Å². The highest BCUT2D eigenvalue weighted by Gasteiger charge is 2.21. The number of hydrogen-bond acceptors (Lipinski definition) is 5. The lowest BCUT2D eigenvalue weighted by Gasteiger charge is -2.32. The molecule has 1 aromatic heterocycles. The summed E-state index contributed by atoms with van der Waals surface area (Å²) in [6, 6.07) is 14.3. The highest BCUT2D eigenvalue weighted by atomic mass is 35.5. The summed E-state index contributed by atoms with van der Waals surface area (Å²) < 4.78 is 0. The fraction of sp³-hybridized carbons (Fsp3) is 0.348. The van der Waals surface area contributed by atoms with Gasteiger partial charge in [-0.3, -0.25) is 4.79 Å². The average Bonchev–Trinajstić information content (AvgIpc) is 2.74. The number of carbonyl (C=O) groups is 1. The molecule has 2 aromatic carbocycles. The monoisotopic (exact) mass is 425 g/mol. The zero-order chi connectivity index (χ0) is 20.4. The average molecular weight is 426 g/mol. The third kappa shape index (κ3) is 4.55. The van der Waals surface area contributed by atoms with Gasteiger partial charge in [-0.25, -0.2) is 9.97 Å². The minimum atomic E-state index is -0.166. The Morgan fingerprint density at radius 2 is 1.77 bits per heavy atom. The molecule has 1 N–H and O–H groups in total. The van der Waals surface area contributed by atoms with Crippen molar-refractivity contribution in [1.82, 2.24) is 20.2 Å². The second kappa shape index (κ2) is 9.41. The minimum absolute atomic E-state index is 0. The van der Waals surface area contributed by atoms with Crippen LogP contribution in [0.3, 0.4) is 0 Å². The molecule has 30 heavy (non-hydrogen) atoms. The van der Waals surface area contributed by atoms with Gasteiger partial charge in [0, 0.05) is 32.4 Å². The van der Waals surface area contributed by atoms with Gasteiger partial charge in [0.15, 0.2) is 0 Å². The highest BCUT2D eigenvalue weighted by molar-refractivity contribution is 5.94. The van der Waals surface area contributed by atoms with Crippen LogP contribution in [-0.4, -0.2) is 54.0 Å². The van der Waals surface area contributed by atoms with Crippen LogP contribution in [0, 0.1) is 6.92 Å². The fourth-order valence-electron chi connectivity index (χ4n) is 3.79. The van der Waals surface area contributed by atoms with E-state index in [0.29, 0.717) is 11.6 Å². The molecule has 3 aromatic rings. The second-order valence-corrected chi connectivity index (χ2v) is 7.76. The van der Waals surface area contributed by atoms with E-state index in [4.69, 9.17) is 0 Å². The molecule has 0 aliphatic carbocycles. The van der Waals surface area contributed by atoms with E-state index < -0.39 is 0 Å². The summed E-state index contributed by atoms with van der Waals surface area (Å²) in [5, 5.41) is 5.45. The van der Waals surface area contributed by atoms with Crippen LogP contribution in [0.2, 0.25) is 0 Å². The molecule has 1 saturated heterocycles. The van der Waals surface area contributed by atoms with E-state index in [2.05, 4.69) is 56.4 Å². The number of piperazine rings is 1. The molecule has 0 radical (unpaired) electrons. The number of carbonyl (C=O) groups excluding carboxylic acids is 1. The first kappa shape index (κ1) is 22.0. The first-order valence-corrected chi connectivity index (χ1v) is 10.1. The molecule has 0 saturated carbocycles. The van der Waals surface area contributed by atoms with E-state index in [1.807, 2.05) is 32.0 Å². The number of aryl methyl sites for hydroxylation is 1. The number of halogens is 1. The largest absolute Gasteiger partial charge is 0.344 e. The van der Waals surface area contributed by atoms with Gasteiger partial charge in [-0.05, 0) is 42.8 Å². The molecule has 1 aliphatic rings. The SMILES string of the molecule is Cc1cnc(N2CCN(C)CC2)nc1C(=O)NC(C)c1cccc2ccccc12.Cl. The van der Waals surface area contributed by atoms with Crippen molar-refractivity contribution in [2.45, 2.75) is 19.9 Å². The van der Waals surface area contributed by atoms with Crippen molar-refractivity contribution < 1.29 is 4.79 Å². The normalized spacial score (nSPS) is 15.5. The quantitative estimate of drug-likeness (QED) is 0.692. The van der Waals surface area contributed by atoms with E-state index in [1.54, 1.807) is 6.20 Å². The van der Waals surface area contributed by atoms with E-state index in [9.17, 15) is 4.79 Å². The summed E-state index contributed by atoms with van der Waals surface area (Å²) in [4.78, 5) is 26.5. The number of anilines is 1. The van der Waals surface area contributed by atoms with Crippen molar-refractivity contribution in [3.63, 3.8) is 0 Å². The number of nitrogens with one attached hydrogen (secondary N) is 1.